The Balaban J connectivity index is 0.000000621. The first-order chi connectivity index (χ1) is 9.27. The van der Waals surface area contributed by atoms with Gasteiger partial charge in [0, 0.05) is 12.8 Å². The summed E-state index contributed by atoms with van der Waals surface area (Å²) in [5, 5.41) is 0. The van der Waals surface area contributed by atoms with Crippen LogP contribution in [0.3, 0.4) is 0 Å². The standard InChI is InChI=1S/C14H30N.BF4/c1-3-4-5-6-7-8-9-12-15(2)13-10-11-14-15;2-1(3,4)5/h3-14H2,1-2H3;/q+1;-1. The van der Waals surface area contributed by atoms with Crippen molar-refractivity contribution < 1.29 is 21.7 Å². The minimum atomic E-state index is -6.00. The molecule has 0 radical (unpaired) electrons. The number of halogens is 4. The van der Waals surface area contributed by atoms with Crippen molar-refractivity contribution in [2.45, 2.75) is 64.7 Å². The Hall–Kier alpha value is -0.255. The maximum Gasteiger partial charge on any atom is 0.673 e. The first-order valence-corrected chi connectivity index (χ1v) is 7.98. The molecule has 0 atom stereocenters. The molecule has 20 heavy (non-hydrogen) atoms. The quantitative estimate of drug-likeness (QED) is 0.248. The zero-order chi connectivity index (χ0) is 15.5. The monoisotopic (exact) mass is 299 g/mol. The molecule has 0 aromatic rings. The molecule has 1 rings (SSSR count). The third-order valence-corrected chi connectivity index (χ3v) is 3.95. The van der Waals surface area contributed by atoms with Gasteiger partial charge in [-0.15, -0.1) is 0 Å². The summed E-state index contributed by atoms with van der Waals surface area (Å²) in [6.45, 7) is 6.61. The Morgan fingerprint density at radius 1 is 0.800 bits per heavy atom. The molecule has 0 unspecified atom stereocenters. The zero-order valence-corrected chi connectivity index (χ0v) is 13.0. The van der Waals surface area contributed by atoms with E-state index >= 15 is 0 Å². The number of nitrogens with zero attached hydrogens (tertiary/aromatic N) is 1. The molecule has 0 aromatic carbocycles. The molecule has 0 spiro atoms. The lowest BCUT2D eigenvalue weighted by molar-refractivity contribution is -0.897. The van der Waals surface area contributed by atoms with E-state index in [9.17, 15) is 17.3 Å². The lowest BCUT2D eigenvalue weighted by atomic mass is 10.1. The van der Waals surface area contributed by atoms with Crippen LogP contribution in [0.5, 0.6) is 0 Å². The van der Waals surface area contributed by atoms with E-state index in [1.807, 2.05) is 0 Å². The van der Waals surface area contributed by atoms with Crippen LogP contribution in [0.4, 0.5) is 17.3 Å². The molecule has 0 amide bonds. The van der Waals surface area contributed by atoms with Crippen LogP contribution in [0.1, 0.15) is 64.7 Å². The second-order valence-corrected chi connectivity index (χ2v) is 6.11. The normalized spacial score (nSPS) is 17.7. The SMILES string of the molecule is CCCCCCCCC[N+]1(C)CCCC1.F[B-](F)(F)F. The average molecular weight is 299 g/mol. The molecule has 1 aliphatic heterocycles. The molecule has 122 valence electrons. The number of quaternary nitrogens is 1. The predicted molar refractivity (Wildman–Crippen MR) is 78.2 cm³/mol. The summed E-state index contributed by atoms with van der Waals surface area (Å²) >= 11 is 0. The highest BCUT2D eigenvalue weighted by molar-refractivity contribution is 6.50. The summed E-state index contributed by atoms with van der Waals surface area (Å²) in [6.07, 6.45) is 13.1. The van der Waals surface area contributed by atoms with Gasteiger partial charge in [-0.3, -0.25) is 0 Å². The Morgan fingerprint density at radius 3 is 1.65 bits per heavy atom. The van der Waals surface area contributed by atoms with Crippen molar-refractivity contribution in [2.75, 3.05) is 26.7 Å². The van der Waals surface area contributed by atoms with E-state index in [0.29, 0.717) is 0 Å². The van der Waals surface area contributed by atoms with Crippen LogP contribution in [0.25, 0.3) is 0 Å². The van der Waals surface area contributed by atoms with Gasteiger partial charge in [0.2, 0.25) is 0 Å². The zero-order valence-electron chi connectivity index (χ0n) is 13.0. The number of hydrogen-bond donors (Lipinski definition) is 0. The molecular formula is C14H30BF4N. The first-order valence-electron chi connectivity index (χ1n) is 7.98. The van der Waals surface area contributed by atoms with Gasteiger partial charge in [0.05, 0.1) is 26.7 Å². The highest BCUT2D eigenvalue weighted by Crippen LogP contribution is 2.18. The van der Waals surface area contributed by atoms with Crippen molar-refractivity contribution in [3.63, 3.8) is 0 Å². The highest BCUT2D eigenvalue weighted by Gasteiger charge is 2.25. The van der Waals surface area contributed by atoms with Gasteiger partial charge >= 0.3 is 7.25 Å². The van der Waals surface area contributed by atoms with Gasteiger partial charge in [0.25, 0.3) is 0 Å². The second-order valence-electron chi connectivity index (χ2n) is 6.11. The Kier molecular flexibility index (Phi) is 10.3. The van der Waals surface area contributed by atoms with Gasteiger partial charge in [-0.2, -0.15) is 0 Å². The lowest BCUT2D eigenvalue weighted by Gasteiger charge is -2.29. The summed E-state index contributed by atoms with van der Waals surface area (Å²) < 4.78 is 40.4. The highest BCUT2D eigenvalue weighted by atomic mass is 19.5. The van der Waals surface area contributed by atoms with Crippen LogP contribution in [-0.2, 0) is 0 Å². The molecular weight excluding hydrogens is 269 g/mol. The summed E-state index contributed by atoms with van der Waals surface area (Å²) in [5.41, 5.74) is 0. The van der Waals surface area contributed by atoms with Crippen molar-refractivity contribution in [3.05, 3.63) is 0 Å². The number of unbranched alkanes of at least 4 members (excludes halogenated alkanes) is 6. The Bertz CT molecular complexity index is 222. The van der Waals surface area contributed by atoms with Gasteiger partial charge < -0.3 is 21.7 Å². The largest absolute Gasteiger partial charge is 0.673 e. The average Bonchev–Trinajstić information content (AvgIpc) is 2.73. The first kappa shape index (κ1) is 19.7. The topological polar surface area (TPSA) is 0 Å². The molecule has 0 bridgehead atoms. The van der Waals surface area contributed by atoms with Crippen LogP contribution in [-0.4, -0.2) is 38.4 Å². The summed E-state index contributed by atoms with van der Waals surface area (Å²) in [6, 6.07) is 0. The smallest absolute Gasteiger partial charge is 0.418 e. The van der Waals surface area contributed by atoms with E-state index in [1.165, 1.54) is 81.9 Å². The fourth-order valence-corrected chi connectivity index (χ4v) is 2.77. The van der Waals surface area contributed by atoms with Crippen molar-refractivity contribution in [1.82, 2.24) is 0 Å². The third-order valence-electron chi connectivity index (χ3n) is 3.95. The lowest BCUT2D eigenvalue weighted by Crippen LogP contribution is -2.41. The van der Waals surface area contributed by atoms with E-state index in [2.05, 4.69) is 14.0 Å². The number of likely N-dealkylation sites (tertiary alicyclic amines) is 1. The van der Waals surface area contributed by atoms with Gasteiger partial charge in [-0.05, 0) is 12.8 Å². The molecule has 0 saturated carbocycles. The molecule has 0 aliphatic carbocycles. The molecule has 0 aromatic heterocycles. The second kappa shape index (κ2) is 10.5. The maximum atomic E-state index is 9.75. The van der Waals surface area contributed by atoms with Crippen LogP contribution in [0, 0.1) is 0 Å². The Morgan fingerprint density at radius 2 is 1.20 bits per heavy atom. The molecule has 1 saturated heterocycles. The number of hydrogen-bond acceptors (Lipinski definition) is 0. The summed E-state index contributed by atoms with van der Waals surface area (Å²) in [4.78, 5) is 0. The fraction of sp³-hybridized carbons (Fsp3) is 1.00. The van der Waals surface area contributed by atoms with Gasteiger partial charge in [-0.25, -0.2) is 0 Å². The van der Waals surface area contributed by atoms with Gasteiger partial charge in [0.15, 0.2) is 0 Å². The summed E-state index contributed by atoms with van der Waals surface area (Å²) in [7, 11) is -3.55. The summed E-state index contributed by atoms with van der Waals surface area (Å²) in [5.74, 6) is 0. The van der Waals surface area contributed by atoms with Gasteiger partial charge in [0.1, 0.15) is 0 Å². The van der Waals surface area contributed by atoms with Crippen LogP contribution >= 0.6 is 0 Å². The maximum absolute atomic E-state index is 9.75. The van der Waals surface area contributed by atoms with Crippen molar-refractivity contribution >= 4 is 7.25 Å². The molecule has 1 fully saturated rings. The van der Waals surface area contributed by atoms with Crippen molar-refractivity contribution in [3.8, 4) is 0 Å². The van der Waals surface area contributed by atoms with E-state index in [4.69, 9.17) is 0 Å². The molecule has 6 heteroatoms. The molecule has 1 nitrogen and oxygen atoms in total. The third kappa shape index (κ3) is 14.2. The minimum absolute atomic E-state index is 1.37. The number of rotatable bonds is 8. The fourth-order valence-electron chi connectivity index (χ4n) is 2.77. The van der Waals surface area contributed by atoms with Crippen molar-refractivity contribution in [1.29, 1.82) is 0 Å². The van der Waals surface area contributed by atoms with Crippen molar-refractivity contribution in [2.24, 2.45) is 0 Å². The molecule has 1 heterocycles. The van der Waals surface area contributed by atoms with Crippen LogP contribution in [0.2, 0.25) is 0 Å². The van der Waals surface area contributed by atoms with Gasteiger partial charge in [-0.1, -0.05) is 39.0 Å². The predicted octanol–water partition coefficient (Wildman–Crippen LogP) is 5.28. The minimum Gasteiger partial charge on any atom is -0.418 e. The molecule has 0 N–H and O–H groups in total. The Labute approximate surface area is 121 Å². The van der Waals surface area contributed by atoms with Crippen LogP contribution in [0.15, 0.2) is 0 Å². The van der Waals surface area contributed by atoms with E-state index in [0.717, 1.165) is 0 Å². The van der Waals surface area contributed by atoms with Crippen LogP contribution < -0.4 is 0 Å². The van der Waals surface area contributed by atoms with E-state index in [1.54, 1.807) is 0 Å². The molecule has 1 aliphatic rings. The van der Waals surface area contributed by atoms with E-state index in [-0.39, 0.29) is 0 Å². The van der Waals surface area contributed by atoms with E-state index < -0.39 is 7.25 Å².